The maximum Gasteiger partial charge on any atom is 0.418 e. The van der Waals surface area contributed by atoms with Crippen LogP contribution >= 0.6 is 11.8 Å². The molecule has 4 N–H and O–H groups in total. The van der Waals surface area contributed by atoms with Crippen LogP contribution in [0.5, 0.6) is 0 Å². The summed E-state index contributed by atoms with van der Waals surface area (Å²) >= 11 is 1.12. The molecule has 0 radical (unpaired) electrons. The maximum atomic E-state index is 15.0. The molecular formula is C24H37FN4O4SSi. The number of fused-ring (bicyclic) bond motifs is 1. The highest BCUT2D eigenvalue weighted by Gasteiger charge is 2.70. The summed E-state index contributed by atoms with van der Waals surface area (Å²) in [7, 11) is -1.35. The third-order valence-corrected chi connectivity index (χ3v) is 9.42. The Kier molecular flexibility index (Phi) is 7.38. The van der Waals surface area contributed by atoms with Gasteiger partial charge in [0.15, 0.2) is 5.17 Å². The molecule has 1 aromatic carbocycles. The van der Waals surface area contributed by atoms with E-state index in [0.717, 1.165) is 17.8 Å². The average molecular weight is 525 g/mol. The van der Waals surface area contributed by atoms with Gasteiger partial charge in [0.1, 0.15) is 22.9 Å². The molecule has 0 bridgehead atoms. The van der Waals surface area contributed by atoms with Gasteiger partial charge >= 0.3 is 6.09 Å². The van der Waals surface area contributed by atoms with Gasteiger partial charge in [-0.15, -0.1) is 0 Å². The summed E-state index contributed by atoms with van der Waals surface area (Å²) in [5, 5.41) is 0.212. The summed E-state index contributed by atoms with van der Waals surface area (Å²) in [6, 6.07) is 5.19. The van der Waals surface area contributed by atoms with Crippen LogP contribution < -0.4 is 11.5 Å². The van der Waals surface area contributed by atoms with Crippen molar-refractivity contribution < 1.29 is 23.5 Å². The Bertz CT molecular complexity index is 1040. The lowest BCUT2D eigenvalue weighted by Crippen LogP contribution is -2.48. The predicted octanol–water partition coefficient (Wildman–Crippen LogP) is 4.52. The molecule has 1 heterocycles. The van der Waals surface area contributed by atoms with E-state index in [1.807, 2.05) is 0 Å². The summed E-state index contributed by atoms with van der Waals surface area (Å²) in [6.45, 7) is 14.1. The molecule has 1 fully saturated rings. The second-order valence-corrected chi connectivity index (χ2v) is 18.6. The average Bonchev–Trinajstić information content (AvgIpc) is 3.45. The van der Waals surface area contributed by atoms with Crippen LogP contribution in [-0.4, -0.2) is 53.8 Å². The van der Waals surface area contributed by atoms with Gasteiger partial charge in [0.25, 0.3) is 0 Å². The van der Waals surface area contributed by atoms with Crippen molar-refractivity contribution in [2.24, 2.45) is 16.6 Å². The molecule has 0 spiro atoms. The van der Waals surface area contributed by atoms with E-state index in [-0.39, 0.29) is 23.4 Å². The van der Waals surface area contributed by atoms with E-state index in [1.165, 1.54) is 23.1 Å². The molecule has 1 aliphatic carbocycles. The maximum absolute atomic E-state index is 15.0. The van der Waals surface area contributed by atoms with Gasteiger partial charge in [0.2, 0.25) is 5.91 Å². The van der Waals surface area contributed by atoms with Crippen LogP contribution in [0.4, 0.5) is 14.9 Å². The number of benzene rings is 1. The first-order valence-corrected chi connectivity index (χ1v) is 16.2. The quantitative estimate of drug-likeness (QED) is 0.234. The number of thioether (sulfide) groups is 1. The molecule has 194 valence electrons. The van der Waals surface area contributed by atoms with Crippen molar-refractivity contribution in [3.63, 3.8) is 0 Å². The van der Waals surface area contributed by atoms with Gasteiger partial charge in [-0.1, -0.05) is 31.4 Å². The number of carbonyl (C=O) groups excluding carboxylic acids is 2. The SMILES string of the molecule is CC(C)(C)OC(=O)N(COCC[Si](C)(C)C)C1=N[C@](C)(c2cc(N)ccc2F)C2C[C@]2(C(N)=O)S1. The van der Waals surface area contributed by atoms with Gasteiger partial charge < -0.3 is 20.9 Å². The van der Waals surface area contributed by atoms with Crippen LogP contribution in [0.15, 0.2) is 23.2 Å². The first-order valence-electron chi connectivity index (χ1n) is 11.7. The number of carbonyl (C=O) groups is 2. The molecule has 0 saturated heterocycles. The molecular weight excluding hydrogens is 487 g/mol. The Balaban J connectivity index is 2.03. The van der Waals surface area contributed by atoms with E-state index in [9.17, 15) is 9.59 Å². The first kappa shape index (κ1) is 27.5. The smallest absolute Gasteiger partial charge is 0.418 e. The molecule has 1 aliphatic heterocycles. The molecule has 11 heteroatoms. The molecule has 35 heavy (non-hydrogen) atoms. The van der Waals surface area contributed by atoms with E-state index in [4.69, 9.17) is 25.9 Å². The summed E-state index contributed by atoms with van der Waals surface area (Å²) < 4.78 is 25.5. The molecule has 1 saturated carbocycles. The monoisotopic (exact) mass is 524 g/mol. The van der Waals surface area contributed by atoms with E-state index < -0.39 is 41.8 Å². The number of ether oxygens (including phenoxy) is 2. The van der Waals surface area contributed by atoms with Gasteiger partial charge in [0, 0.05) is 31.8 Å². The number of nitrogens with zero attached hydrogens (tertiary/aromatic N) is 2. The zero-order valence-electron chi connectivity index (χ0n) is 21.6. The Morgan fingerprint density at radius 1 is 1.31 bits per heavy atom. The van der Waals surface area contributed by atoms with Crippen molar-refractivity contribution in [2.75, 3.05) is 19.1 Å². The van der Waals surface area contributed by atoms with Crippen molar-refractivity contribution >= 4 is 42.7 Å². The van der Waals surface area contributed by atoms with E-state index in [1.54, 1.807) is 27.7 Å². The number of amidine groups is 1. The Morgan fingerprint density at radius 2 is 1.97 bits per heavy atom. The molecule has 3 atom stereocenters. The fourth-order valence-corrected chi connectivity index (χ4v) is 6.40. The molecule has 2 amide bonds. The largest absolute Gasteiger partial charge is 0.443 e. The van der Waals surface area contributed by atoms with Gasteiger partial charge in [-0.2, -0.15) is 0 Å². The second kappa shape index (κ2) is 9.40. The van der Waals surface area contributed by atoms with Crippen LogP contribution in [0.1, 0.15) is 39.7 Å². The first-order chi connectivity index (χ1) is 16.0. The van der Waals surface area contributed by atoms with Crippen molar-refractivity contribution in [1.29, 1.82) is 0 Å². The van der Waals surface area contributed by atoms with Gasteiger partial charge in [-0.05, 0) is 58.4 Å². The zero-order valence-corrected chi connectivity index (χ0v) is 23.4. The molecule has 1 aromatic rings. The number of nitrogens with two attached hydrogens (primary N) is 2. The Hall–Kier alpha value is -2.11. The number of hydrogen-bond donors (Lipinski definition) is 2. The highest BCUT2D eigenvalue weighted by Crippen LogP contribution is 2.66. The fourth-order valence-electron chi connectivity index (χ4n) is 4.13. The Labute approximate surface area is 212 Å². The molecule has 2 aliphatic rings. The van der Waals surface area contributed by atoms with Crippen molar-refractivity contribution in [1.82, 2.24) is 4.90 Å². The normalized spacial score (nSPS) is 25.9. The molecule has 0 aromatic heterocycles. The highest BCUT2D eigenvalue weighted by molar-refractivity contribution is 8.16. The number of hydrogen-bond acceptors (Lipinski definition) is 7. The van der Waals surface area contributed by atoms with Gasteiger partial charge in [-0.25, -0.2) is 14.1 Å². The standard InChI is InChI=1S/C24H37FN4O4SSi/c1-22(2,3)33-21(31)29(14-32-10-11-35(5,6)7)20-28-23(4,16-12-15(26)8-9-17(16)25)18-13-24(18,34-20)19(27)30/h8-9,12,18H,10-11,13-14,26H2,1-7H3,(H2,27,30)/t18?,23-,24+/m1/s1. The zero-order chi connectivity index (χ0) is 26.4. The van der Waals surface area contributed by atoms with Crippen LogP contribution in [0.25, 0.3) is 0 Å². The van der Waals surface area contributed by atoms with Crippen LogP contribution in [-0.2, 0) is 19.8 Å². The minimum absolute atomic E-state index is 0.111. The number of anilines is 1. The van der Waals surface area contributed by atoms with Gasteiger partial charge in [0.05, 0.1) is 5.54 Å². The summed E-state index contributed by atoms with van der Waals surface area (Å²) in [5.74, 6) is -1.36. The van der Waals surface area contributed by atoms with Crippen LogP contribution in [0.3, 0.4) is 0 Å². The number of halogens is 1. The number of rotatable bonds is 7. The summed E-state index contributed by atoms with van der Waals surface area (Å²) in [5.41, 5.74) is 10.5. The van der Waals surface area contributed by atoms with E-state index >= 15 is 4.39 Å². The second-order valence-electron chi connectivity index (χ2n) is 11.7. The lowest BCUT2D eigenvalue weighted by molar-refractivity contribution is -0.118. The summed E-state index contributed by atoms with van der Waals surface area (Å²) in [6.07, 6.45) is -0.255. The highest BCUT2D eigenvalue weighted by atomic mass is 32.2. The van der Waals surface area contributed by atoms with Crippen molar-refractivity contribution in [3.05, 3.63) is 29.6 Å². The number of amides is 2. The lowest BCUT2D eigenvalue weighted by Gasteiger charge is -2.37. The minimum atomic E-state index is -1.35. The van der Waals surface area contributed by atoms with Crippen LogP contribution in [0, 0.1) is 11.7 Å². The predicted molar refractivity (Wildman–Crippen MR) is 140 cm³/mol. The number of nitrogen functional groups attached to an aromatic ring is 1. The van der Waals surface area contributed by atoms with Crippen molar-refractivity contribution in [3.8, 4) is 0 Å². The topological polar surface area (TPSA) is 120 Å². The van der Waals surface area contributed by atoms with E-state index in [0.29, 0.717) is 18.7 Å². The summed E-state index contributed by atoms with van der Waals surface area (Å²) in [4.78, 5) is 32.0. The Morgan fingerprint density at radius 3 is 2.54 bits per heavy atom. The lowest BCUT2D eigenvalue weighted by atomic mass is 9.85. The third kappa shape index (κ3) is 6.00. The van der Waals surface area contributed by atoms with Crippen LogP contribution in [0.2, 0.25) is 25.7 Å². The van der Waals surface area contributed by atoms with E-state index in [2.05, 4.69) is 19.6 Å². The van der Waals surface area contributed by atoms with Crippen molar-refractivity contribution in [2.45, 2.75) is 75.7 Å². The van der Waals surface area contributed by atoms with Gasteiger partial charge in [-0.3, -0.25) is 9.79 Å². The molecule has 3 rings (SSSR count). The minimum Gasteiger partial charge on any atom is -0.443 e. The molecule has 8 nitrogen and oxygen atoms in total. The molecule has 1 unspecified atom stereocenters. The number of primary amides is 1. The fraction of sp³-hybridized carbons (Fsp3) is 0.625. The third-order valence-electron chi connectivity index (χ3n) is 6.20. The number of aliphatic imine (C=N–C) groups is 1.